The van der Waals surface area contributed by atoms with E-state index in [0.717, 1.165) is 11.1 Å². The SMILES string of the molecule is COc1cc(/C=C2\SC(=S)N(C)C2=O)ccc1OCc1ccc(C)cc1. The van der Waals surface area contributed by atoms with Crippen molar-refractivity contribution in [2.75, 3.05) is 14.2 Å². The Labute approximate surface area is 162 Å². The van der Waals surface area contributed by atoms with E-state index >= 15 is 0 Å². The van der Waals surface area contributed by atoms with Gasteiger partial charge in [0.2, 0.25) is 0 Å². The fraction of sp³-hybridized carbons (Fsp3) is 0.200. The van der Waals surface area contributed by atoms with Crippen molar-refractivity contribution in [3.8, 4) is 11.5 Å². The number of hydrogen-bond donors (Lipinski definition) is 0. The van der Waals surface area contributed by atoms with Crippen molar-refractivity contribution in [3.05, 3.63) is 64.1 Å². The van der Waals surface area contributed by atoms with Gasteiger partial charge < -0.3 is 9.47 Å². The van der Waals surface area contributed by atoms with Gasteiger partial charge >= 0.3 is 0 Å². The highest BCUT2D eigenvalue weighted by Gasteiger charge is 2.28. The Hall–Kier alpha value is -2.31. The van der Waals surface area contributed by atoms with Gasteiger partial charge in [-0.15, -0.1) is 0 Å². The molecule has 0 saturated carbocycles. The number of amides is 1. The van der Waals surface area contributed by atoms with Crippen molar-refractivity contribution in [1.29, 1.82) is 0 Å². The van der Waals surface area contributed by atoms with Gasteiger partial charge in [-0.25, -0.2) is 0 Å². The highest BCUT2D eigenvalue weighted by Crippen LogP contribution is 2.34. The maximum Gasteiger partial charge on any atom is 0.265 e. The molecule has 1 heterocycles. The molecule has 0 bridgehead atoms. The average molecular weight is 386 g/mol. The minimum absolute atomic E-state index is 0.0846. The zero-order valence-electron chi connectivity index (χ0n) is 14.8. The third-order valence-corrected chi connectivity index (χ3v) is 5.47. The van der Waals surface area contributed by atoms with Gasteiger partial charge in [-0.2, -0.15) is 0 Å². The van der Waals surface area contributed by atoms with Crippen molar-refractivity contribution in [2.45, 2.75) is 13.5 Å². The molecule has 0 aliphatic carbocycles. The monoisotopic (exact) mass is 385 g/mol. The number of carbonyl (C=O) groups excluding carboxylic acids is 1. The van der Waals surface area contributed by atoms with E-state index in [0.29, 0.717) is 27.3 Å². The Kier molecular flexibility index (Phi) is 5.64. The molecule has 4 nitrogen and oxygen atoms in total. The van der Waals surface area contributed by atoms with Gasteiger partial charge in [-0.1, -0.05) is 59.9 Å². The Morgan fingerprint density at radius 2 is 1.88 bits per heavy atom. The predicted molar refractivity (Wildman–Crippen MR) is 109 cm³/mol. The van der Waals surface area contributed by atoms with Gasteiger partial charge in [0.1, 0.15) is 10.9 Å². The van der Waals surface area contributed by atoms with Gasteiger partial charge in [-0.3, -0.25) is 9.69 Å². The second-order valence-corrected chi connectivity index (χ2v) is 7.60. The molecule has 0 unspecified atom stereocenters. The standard InChI is InChI=1S/C20H19NO3S2/c1-13-4-6-14(7-5-13)12-24-16-9-8-15(10-17(16)23-3)11-18-19(22)21(2)20(25)26-18/h4-11H,12H2,1-3H3/b18-11-. The predicted octanol–water partition coefficient (Wildman–Crippen LogP) is 4.41. The molecule has 26 heavy (non-hydrogen) atoms. The zero-order chi connectivity index (χ0) is 18.7. The van der Waals surface area contributed by atoms with Crippen LogP contribution in [-0.2, 0) is 11.4 Å². The summed E-state index contributed by atoms with van der Waals surface area (Å²) in [5, 5.41) is 0. The highest BCUT2D eigenvalue weighted by molar-refractivity contribution is 8.26. The summed E-state index contributed by atoms with van der Waals surface area (Å²) < 4.78 is 11.9. The smallest absolute Gasteiger partial charge is 0.265 e. The maximum absolute atomic E-state index is 12.1. The molecular formula is C20H19NO3S2. The van der Waals surface area contributed by atoms with E-state index in [2.05, 4.69) is 19.1 Å². The quantitative estimate of drug-likeness (QED) is 0.563. The van der Waals surface area contributed by atoms with E-state index < -0.39 is 0 Å². The average Bonchev–Trinajstić information content (AvgIpc) is 2.88. The number of thiocarbonyl (C=S) groups is 1. The first-order chi connectivity index (χ1) is 12.5. The van der Waals surface area contributed by atoms with Crippen LogP contribution < -0.4 is 9.47 Å². The number of hydrogen-bond acceptors (Lipinski definition) is 5. The van der Waals surface area contributed by atoms with Crippen molar-refractivity contribution in [1.82, 2.24) is 4.90 Å². The van der Waals surface area contributed by atoms with E-state index in [1.54, 1.807) is 14.2 Å². The number of methoxy groups -OCH3 is 1. The van der Waals surface area contributed by atoms with Gasteiger partial charge in [0.15, 0.2) is 11.5 Å². The zero-order valence-corrected chi connectivity index (χ0v) is 16.4. The Balaban J connectivity index is 1.76. The van der Waals surface area contributed by atoms with Gasteiger partial charge in [0.25, 0.3) is 5.91 Å². The topological polar surface area (TPSA) is 38.8 Å². The molecule has 134 valence electrons. The van der Waals surface area contributed by atoms with Crippen LogP contribution in [0.3, 0.4) is 0 Å². The largest absolute Gasteiger partial charge is 0.493 e. The minimum Gasteiger partial charge on any atom is -0.493 e. The number of ether oxygens (including phenoxy) is 2. The Morgan fingerprint density at radius 1 is 1.15 bits per heavy atom. The summed E-state index contributed by atoms with van der Waals surface area (Å²) in [5.74, 6) is 1.20. The summed E-state index contributed by atoms with van der Waals surface area (Å²) in [6.07, 6.45) is 1.81. The summed E-state index contributed by atoms with van der Waals surface area (Å²) in [5.41, 5.74) is 3.17. The summed E-state index contributed by atoms with van der Waals surface area (Å²) in [6.45, 7) is 2.52. The highest BCUT2D eigenvalue weighted by atomic mass is 32.2. The van der Waals surface area contributed by atoms with Gasteiger partial charge in [0.05, 0.1) is 12.0 Å². The fourth-order valence-electron chi connectivity index (χ4n) is 2.44. The number of benzene rings is 2. The molecule has 1 saturated heterocycles. The molecule has 0 atom stereocenters. The lowest BCUT2D eigenvalue weighted by molar-refractivity contribution is -0.121. The first-order valence-corrected chi connectivity index (χ1v) is 9.28. The molecule has 0 N–H and O–H groups in total. The molecule has 1 fully saturated rings. The van der Waals surface area contributed by atoms with Crippen LogP contribution in [0.1, 0.15) is 16.7 Å². The van der Waals surface area contributed by atoms with E-state index in [1.807, 2.05) is 36.4 Å². The van der Waals surface area contributed by atoms with E-state index in [1.165, 1.54) is 22.2 Å². The number of thioether (sulfide) groups is 1. The van der Waals surface area contributed by atoms with Gasteiger partial charge in [-0.05, 0) is 36.3 Å². The van der Waals surface area contributed by atoms with Crippen molar-refractivity contribution in [3.63, 3.8) is 0 Å². The summed E-state index contributed by atoms with van der Waals surface area (Å²) >= 11 is 6.45. The molecule has 0 spiro atoms. The molecule has 2 aromatic rings. The molecule has 0 radical (unpaired) electrons. The molecule has 6 heteroatoms. The van der Waals surface area contributed by atoms with Crippen LogP contribution in [0.5, 0.6) is 11.5 Å². The summed E-state index contributed by atoms with van der Waals surface area (Å²) in [7, 11) is 3.28. The summed E-state index contributed by atoms with van der Waals surface area (Å²) in [6, 6.07) is 13.8. The van der Waals surface area contributed by atoms with Crippen LogP contribution in [0, 0.1) is 6.92 Å². The van der Waals surface area contributed by atoms with Crippen LogP contribution >= 0.6 is 24.0 Å². The first kappa shape index (κ1) is 18.5. The van der Waals surface area contributed by atoms with Crippen LogP contribution in [-0.4, -0.2) is 29.3 Å². The van der Waals surface area contributed by atoms with Crippen molar-refractivity contribution >= 4 is 40.3 Å². The van der Waals surface area contributed by atoms with Crippen LogP contribution in [0.4, 0.5) is 0 Å². The number of nitrogens with zero attached hydrogens (tertiary/aromatic N) is 1. The van der Waals surface area contributed by atoms with Crippen molar-refractivity contribution < 1.29 is 14.3 Å². The molecule has 1 amide bonds. The molecule has 2 aromatic carbocycles. The second kappa shape index (κ2) is 7.93. The van der Waals surface area contributed by atoms with Crippen LogP contribution in [0.2, 0.25) is 0 Å². The molecule has 1 aliphatic heterocycles. The molecular weight excluding hydrogens is 366 g/mol. The number of carbonyl (C=O) groups is 1. The van der Waals surface area contributed by atoms with E-state index in [9.17, 15) is 4.79 Å². The fourth-order valence-corrected chi connectivity index (χ4v) is 3.62. The molecule has 0 aromatic heterocycles. The third-order valence-electron chi connectivity index (χ3n) is 3.99. The lowest BCUT2D eigenvalue weighted by Gasteiger charge is -2.12. The Bertz CT molecular complexity index is 875. The molecule has 3 rings (SSSR count). The normalized spacial score (nSPS) is 15.7. The van der Waals surface area contributed by atoms with E-state index in [4.69, 9.17) is 21.7 Å². The first-order valence-electron chi connectivity index (χ1n) is 8.06. The summed E-state index contributed by atoms with van der Waals surface area (Å²) in [4.78, 5) is 14.2. The molecule has 1 aliphatic rings. The Morgan fingerprint density at radius 3 is 2.50 bits per heavy atom. The van der Waals surface area contributed by atoms with Crippen molar-refractivity contribution in [2.24, 2.45) is 0 Å². The van der Waals surface area contributed by atoms with Crippen LogP contribution in [0.15, 0.2) is 47.4 Å². The van der Waals surface area contributed by atoms with Crippen LogP contribution in [0.25, 0.3) is 6.08 Å². The minimum atomic E-state index is -0.0846. The lowest BCUT2D eigenvalue weighted by atomic mass is 10.1. The third kappa shape index (κ3) is 4.08. The maximum atomic E-state index is 12.1. The second-order valence-electron chi connectivity index (χ2n) is 5.93. The van der Waals surface area contributed by atoms with E-state index in [-0.39, 0.29) is 5.91 Å². The number of aryl methyl sites for hydroxylation is 1. The lowest BCUT2D eigenvalue weighted by Crippen LogP contribution is -2.22. The number of likely N-dealkylation sites (N-methyl/N-ethyl adjacent to an activating group) is 1. The van der Waals surface area contributed by atoms with Gasteiger partial charge in [0, 0.05) is 7.05 Å². The number of rotatable bonds is 5.